The molecule has 6 heteroatoms. The molecule has 3 aliphatic heterocycles. The Hall–Kier alpha value is -1.14. The molecule has 0 spiro atoms. The van der Waals surface area contributed by atoms with Gasteiger partial charge in [-0.3, -0.25) is 14.7 Å². The zero-order valence-electron chi connectivity index (χ0n) is 18.6. The molecule has 7 atom stereocenters. The number of hydrogen-bond acceptors (Lipinski definition) is 6. The van der Waals surface area contributed by atoms with Crippen molar-refractivity contribution in [3.63, 3.8) is 0 Å². The molecular weight excluding hydrogens is 378 g/mol. The third kappa shape index (κ3) is 4.27. The van der Waals surface area contributed by atoms with Gasteiger partial charge < -0.3 is 14.8 Å². The third-order valence-electron chi connectivity index (χ3n) is 8.65. The molecule has 2 saturated carbocycles. The quantitative estimate of drug-likeness (QED) is 0.715. The number of rotatable bonds is 3. The number of cyclic esters (lactones) is 1. The molecule has 0 radical (unpaired) electrons. The summed E-state index contributed by atoms with van der Waals surface area (Å²) >= 11 is 0. The number of methoxy groups -OCH3 is 1. The molecule has 3 heterocycles. The number of piperidine rings is 1. The van der Waals surface area contributed by atoms with Gasteiger partial charge in [-0.1, -0.05) is 19.3 Å². The van der Waals surface area contributed by atoms with Crippen molar-refractivity contribution in [3.05, 3.63) is 0 Å². The van der Waals surface area contributed by atoms with Crippen LogP contribution in [0.2, 0.25) is 0 Å². The largest absolute Gasteiger partial charge is 0.465 e. The van der Waals surface area contributed by atoms with Crippen LogP contribution < -0.4 is 5.32 Å². The zero-order valence-corrected chi connectivity index (χ0v) is 18.6. The monoisotopic (exact) mass is 417 g/mol. The fraction of sp³-hybridized carbons (Fsp3) is 0.917. The van der Waals surface area contributed by atoms with Crippen LogP contribution in [0.5, 0.6) is 0 Å². The Labute approximate surface area is 181 Å². The van der Waals surface area contributed by atoms with Gasteiger partial charge in [0.05, 0.1) is 24.5 Å². The maximum Gasteiger partial charge on any atom is 0.309 e. The number of aliphatic imine (C=N–C) groups is 1. The van der Waals surface area contributed by atoms with Gasteiger partial charge in [-0.15, -0.1) is 0 Å². The van der Waals surface area contributed by atoms with Gasteiger partial charge in [-0.05, 0) is 44.9 Å². The first-order chi connectivity index (χ1) is 14.7. The first-order valence-corrected chi connectivity index (χ1v) is 12.5. The van der Waals surface area contributed by atoms with Gasteiger partial charge in [0.1, 0.15) is 0 Å². The molecule has 2 saturated heterocycles. The fourth-order valence-corrected chi connectivity index (χ4v) is 6.81. The van der Waals surface area contributed by atoms with E-state index in [1.165, 1.54) is 57.3 Å². The molecule has 4 fully saturated rings. The van der Waals surface area contributed by atoms with E-state index in [1.807, 2.05) is 7.11 Å². The van der Waals surface area contributed by atoms with Gasteiger partial charge in [-0.2, -0.15) is 0 Å². The Morgan fingerprint density at radius 3 is 2.87 bits per heavy atom. The van der Waals surface area contributed by atoms with Crippen LogP contribution in [0.3, 0.4) is 0 Å². The second-order valence-corrected chi connectivity index (χ2v) is 10.4. The zero-order chi connectivity index (χ0) is 20.5. The van der Waals surface area contributed by atoms with Crippen LogP contribution in [-0.2, 0) is 14.3 Å². The maximum atomic E-state index is 12.1. The fourth-order valence-electron chi connectivity index (χ4n) is 6.81. The van der Waals surface area contributed by atoms with Crippen LogP contribution in [0, 0.1) is 23.7 Å². The van der Waals surface area contributed by atoms with E-state index in [0.29, 0.717) is 42.5 Å². The van der Waals surface area contributed by atoms with Crippen LogP contribution in [0.25, 0.3) is 0 Å². The Morgan fingerprint density at radius 1 is 1.07 bits per heavy atom. The van der Waals surface area contributed by atoms with Gasteiger partial charge >= 0.3 is 5.97 Å². The topological polar surface area (TPSA) is 63.2 Å². The van der Waals surface area contributed by atoms with Crippen molar-refractivity contribution in [3.8, 4) is 0 Å². The summed E-state index contributed by atoms with van der Waals surface area (Å²) in [5.41, 5.74) is 0. The van der Waals surface area contributed by atoms with Crippen molar-refractivity contribution < 1.29 is 14.3 Å². The maximum absolute atomic E-state index is 12.1. The molecule has 168 valence electrons. The number of ether oxygens (including phenoxy) is 2. The SMILES string of the molecule is COC1CCCC(C2=NCC3CN(C4CCCCC5C(=O)OCC5C4)CCC3N2)C1. The molecule has 0 bridgehead atoms. The number of amidine groups is 1. The Balaban J connectivity index is 1.19. The van der Waals surface area contributed by atoms with E-state index in [-0.39, 0.29) is 11.9 Å². The van der Waals surface area contributed by atoms with E-state index in [0.717, 1.165) is 32.4 Å². The summed E-state index contributed by atoms with van der Waals surface area (Å²) < 4.78 is 11.1. The number of carbonyl (C=O) groups is 1. The van der Waals surface area contributed by atoms with Gasteiger partial charge in [-0.25, -0.2) is 0 Å². The standard InChI is InChI=1S/C24H39N3O3/c1-29-20-7-4-5-16(12-20)23-25-13-18-14-27(10-9-22(18)26-23)19-6-2-3-8-21-17(11-19)15-30-24(21)28/h16-22H,2-15H2,1H3,(H,25,26). The molecule has 5 aliphatic rings. The lowest BCUT2D eigenvalue weighted by atomic mass is 9.80. The summed E-state index contributed by atoms with van der Waals surface area (Å²) in [7, 11) is 1.85. The molecule has 0 aromatic heterocycles. The van der Waals surface area contributed by atoms with Crippen molar-refractivity contribution in [2.75, 3.05) is 33.4 Å². The number of fused-ring (bicyclic) bond motifs is 2. The van der Waals surface area contributed by atoms with Crippen molar-refractivity contribution in [1.82, 2.24) is 10.2 Å². The minimum atomic E-state index is 0.0659. The average molecular weight is 418 g/mol. The molecule has 0 aromatic rings. The first kappa shape index (κ1) is 20.7. The highest BCUT2D eigenvalue weighted by atomic mass is 16.5. The summed E-state index contributed by atoms with van der Waals surface area (Å²) in [5.74, 6) is 3.12. The third-order valence-corrected chi connectivity index (χ3v) is 8.65. The van der Waals surface area contributed by atoms with E-state index in [4.69, 9.17) is 14.5 Å². The molecule has 30 heavy (non-hydrogen) atoms. The summed E-state index contributed by atoms with van der Waals surface area (Å²) in [6.45, 7) is 3.94. The number of nitrogens with one attached hydrogen (secondary N) is 1. The van der Waals surface area contributed by atoms with Gasteiger partial charge in [0.15, 0.2) is 0 Å². The van der Waals surface area contributed by atoms with Crippen molar-refractivity contribution >= 4 is 11.8 Å². The molecule has 5 rings (SSSR count). The molecule has 1 N–H and O–H groups in total. The minimum Gasteiger partial charge on any atom is -0.465 e. The van der Waals surface area contributed by atoms with Gasteiger partial charge in [0.2, 0.25) is 0 Å². The van der Waals surface area contributed by atoms with Gasteiger partial charge in [0.25, 0.3) is 0 Å². The van der Waals surface area contributed by atoms with E-state index < -0.39 is 0 Å². The second-order valence-electron chi connectivity index (χ2n) is 10.4. The second kappa shape index (κ2) is 9.15. The highest BCUT2D eigenvalue weighted by Crippen LogP contribution is 2.37. The van der Waals surface area contributed by atoms with Crippen LogP contribution in [0.1, 0.15) is 64.2 Å². The smallest absolute Gasteiger partial charge is 0.309 e. The van der Waals surface area contributed by atoms with Gasteiger partial charge in [0, 0.05) is 56.6 Å². The van der Waals surface area contributed by atoms with Crippen molar-refractivity contribution in [1.29, 1.82) is 0 Å². The average Bonchev–Trinajstić information content (AvgIpc) is 3.10. The van der Waals surface area contributed by atoms with Crippen LogP contribution in [0.15, 0.2) is 4.99 Å². The Kier molecular flexibility index (Phi) is 6.33. The molecule has 2 aliphatic carbocycles. The lowest BCUT2D eigenvalue weighted by Crippen LogP contribution is -2.58. The Morgan fingerprint density at radius 2 is 1.97 bits per heavy atom. The summed E-state index contributed by atoms with van der Waals surface area (Å²) in [4.78, 5) is 19.9. The predicted octanol–water partition coefficient (Wildman–Crippen LogP) is 3.01. The van der Waals surface area contributed by atoms with Crippen LogP contribution >= 0.6 is 0 Å². The lowest BCUT2D eigenvalue weighted by Gasteiger charge is -2.46. The Bertz CT molecular complexity index is 654. The van der Waals surface area contributed by atoms with Crippen LogP contribution in [-0.4, -0.2) is 68.2 Å². The highest BCUT2D eigenvalue weighted by Gasteiger charge is 2.42. The van der Waals surface area contributed by atoms with E-state index in [2.05, 4.69) is 10.2 Å². The van der Waals surface area contributed by atoms with E-state index >= 15 is 0 Å². The summed E-state index contributed by atoms with van der Waals surface area (Å²) in [5, 5.41) is 3.86. The highest BCUT2D eigenvalue weighted by molar-refractivity contribution is 5.85. The summed E-state index contributed by atoms with van der Waals surface area (Å²) in [6, 6.07) is 1.19. The van der Waals surface area contributed by atoms with Crippen molar-refractivity contribution in [2.24, 2.45) is 28.7 Å². The molecule has 0 amide bonds. The number of carbonyl (C=O) groups excluding carboxylic acids is 1. The number of nitrogens with zero attached hydrogens (tertiary/aromatic N) is 2. The number of esters is 1. The molecule has 0 aromatic carbocycles. The van der Waals surface area contributed by atoms with Crippen molar-refractivity contribution in [2.45, 2.75) is 82.4 Å². The number of hydrogen-bond donors (Lipinski definition) is 1. The van der Waals surface area contributed by atoms with E-state index in [9.17, 15) is 4.79 Å². The lowest BCUT2D eigenvalue weighted by molar-refractivity contribution is -0.141. The van der Waals surface area contributed by atoms with E-state index in [1.54, 1.807) is 0 Å². The van der Waals surface area contributed by atoms with Crippen LogP contribution in [0.4, 0.5) is 0 Å². The molecule has 7 unspecified atom stereocenters. The first-order valence-electron chi connectivity index (χ1n) is 12.5. The minimum absolute atomic E-state index is 0.0659. The molecular formula is C24H39N3O3. The predicted molar refractivity (Wildman–Crippen MR) is 116 cm³/mol. The summed E-state index contributed by atoms with van der Waals surface area (Å²) in [6.07, 6.45) is 12.3. The molecule has 6 nitrogen and oxygen atoms in total. The normalized spacial score (nSPS) is 42.8. The number of likely N-dealkylation sites (tertiary alicyclic amines) is 1.